The highest BCUT2D eigenvalue weighted by Crippen LogP contribution is 2.38. The number of nitrogens with zero attached hydrogens (tertiary/aromatic N) is 5. The van der Waals surface area contributed by atoms with Gasteiger partial charge < -0.3 is 21.1 Å². The maximum Gasteiger partial charge on any atom is 0.264 e. The molecule has 0 bridgehead atoms. The first kappa shape index (κ1) is 24.9. The second-order valence-electron chi connectivity index (χ2n) is 9.83. The lowest BCUT2D eigenvalue weighted by Gasteiger charge is -2.34. The number of imidazole rings is 1. The summed E-state index contributed by atoms with van der Waals surface area (Å²) in [4.78, 5) is 40.0. The third-order valence-corrected chi connectivity index (χ3v) is 7.44. The Balaban J connectivity index is 1.28. The largest absolute Gasteiger partial charge is 0.383 e. The molecular formula is C27H25F2N7O3. The molecule has 4 aromatic rings. The van der Waals surface area contributed by atoms with E-state index in [2.05, 4.69) is 15.3 Å². The highest BCUT2D eigenvalue weighted by Gasteiger charge is 2.43. The number of aromatic nitrogens is 4. The van der Waals surface area contributed by atoms with Crippen LogP contribution in [-0.4, -0.2) is 59.9 Å². The maximum absolute atomic E-state index is 13.0. The predicted molar refractivity (Wildman–Crippen MR) is 138 cm³/mol. The quantitative estimate of drug-likeness (QED) is 0.357. The lowest BCUT2D eigenvalue weighted by molar-refractivity contribution is -0.136. The Morgan fingerprint density at radius 2 is 1.92 bits per heavy atom. The van der Waals surface area contributed by atoms with Crippen LogP contribution in [0.2, 0.25) is 0 Å². The highest BCUT2D eigenvalue weighted by atomic mass is 19.3. The molecule has 0 saturated carbocycles. The standard InChI is InChI=1S/C27H25F2N7O3/c28-23(29)16-7-8-31-20(11-16)33-26(38)15-3-1-14(2-4-15)21-22-24(30)32-9-10-35(22)25(34-21)17-5-6-18-12-19(37)27(39)36(18)13-17/h1-4,7-11,17-19,23,37H,5-6,12-13H2,(H2,30,32)(H,31,33,38). The molecule has 1 aromatic carbocycles. The minimum absolute atomic E-state index is 0.0317. The molecule has 4 N–H and O–H groups in total. The van der Waals surface area contributed by atoms with Gasteiger partial charge in [0.2, 0.25) is 0 Å². The van der Waals surface area contributed by atoms with E-state index in [4.69, 9.17) is 10.7 Å². The number of fused-ring (bicyclic) bond motifs is 2. The molecule has 2 aliphatic heterocycles. The summed E-state index contributed by atoms with van der Waals surface area (Å²) in [5, 5.41) is 12.6. The summed E-state index contributed by atoms with van der Waals surface area (Å²) in [5.41, 5.74) is 8.25. The summed E-state index contributed by atoms with van der Waals surface area (Å²) in [6.45, 7) is 0.460. The van der Waals surface area contributed by atoms with Gasteiger partial charge in [-0.05, 0) is 37.1 Å². The van der Waals surface area contributed by atoms with Crippen LogP contribution in [-0.2, 0) is 4.79 Å². The molecule has 0 radical (unpaired) electrons. The third kappa shape index (κ3) is 4.46. The second kappa shape index (κ2) is 9.70. The number of nitrogens with two attached hydrogens (primary N) is 1. The van der Waals surface area contributed by atoms with Gasteiger partial charge in [0.05, 0.1) is 0 Å². The average molecular weight is 534 g/mol. The number of nitrogens with one attached hydrogen (secondary N) is 1. The van der Waals surface area contributed by atoms with Gasteiger partial charge in [0.1, 0.15) is 34.8 Å². The monoisotopic (exact) mass is 533 g/mol. The number of aliphatic hydroxyl groups excluding tert-OH is 1. The van der Waals surface area contributed by atoms with E-state index in [0.29, 0.717) is 41.1 Å². The Hall–Kier alpha value is -4.45. The van der Waals surface area contributed by atoms with Crippen LogP contribution in [0, 0.1) is 0 Å². The number of piperidine rings is 1. The number of halogens is 2. The first-order valence-electron chi connectivity index (χ1n) is 12.6. The topological polar surface area (TPSA) is 139 Å². The Labute approximate surface area is 221 Å². The summed E-state index contributed by atoms with van der Waals surface area (Å²) in [6, 6.07) is 9.05. The van der Waals surface area contributed by atoms with Gasteiger partial charge in [-0.1, -0.05) is 12.1 Å². The number of anilines is 2. The first-order valence-corrected chi connectivity index (χ1v) is 12.6. The minimum Gasteiger partial charge on any atom is -0.383 e. The first-order chi connectivity index (χ1) is 18.8. The van der Waals surface area contributed by atoms with E-state index in [0.717, 1.165) is 24.7 Å². The summed E-state index contributed by atoms with van der Waals surface area (Å²) >= 11 is 0. The molecule has 3 unspecified atom stereocenters. The van der Waals surface area contributed by atoms with E-state index >= 15 is 0 Å². The van der Waals surface area contributed by atoms with Crippen molar-refractivity contribution < 1.29 is 23.5 Å². The minimum atomic E-state index is -2.67. The Morgan fingerprint density at radius 3 is 2.69 bits per heavy atom. The number of benzene rings is 1. The molecule has 2 amide bonds. The van der Waals surface area contributed by atoms with Gasteiger partial charge in [0.25, 0.3) is 18.2 Å². The molecule has 3 atom stereocenters. The van der Waals surface area contributed by atoms with Gasteiger partial charge in [-0.15, -0.1) is 0 Å². The Bertz CT molecular complexity index is 1570. The molecule has 2 aliphatic rings. The summed E-state index contributed by atoms with van der Waals surface area (Å²) < 4.78 is 27.8. The summed E-state index contributed by atoms with van der Waals surface area (Å²) in [6.07, 6.45) is 3.03. The summed E-state index contributed by atoms with van der Waals surface area (Å²) in [5.74, 6) is 0.278. The van der Waals surface area contributed by atoms with E-state index in [1.807, 2.05) is 4.40 Å². The molecule has 6 rings (SSSR count). The lowest BCUT2D eigenvalue weighted by atomic mass is 9.92. The number of amides is 2. The van der Waals surface area contributed by atoms with E-state index in [1.165, 1.54) is 12.3 Å². The van der Waals surface area contributed by atoms with E-state index in [-0.39, 0.29) is 29.2 Å². The van der Waals surface area contributed by atoms with Crippen molar-refractivity contribution in [3.8, 4) is 11.3 Å². The predicted octanol–water partition coefficient (Wildman–Crippen LogP) is 3.40. The molecule has 5 heterocycles. The number of carbonyl (C=O) groups is 2. The molecule has 2 saturated heterocycles. The smallest absolute Gasteiger partial charge is 0.264 e. The van der Waals surface area contributed by atoms with Gasteiger partial charge in [-0.2, -0.15) is 0 Å². The fourth-order valence-electron chi connectivity index (χ4n) is 5.50. The number of nitrogen functional groups attached to an aromatic ring is 1. The van der Waals surface area contributed by atoms with Crippen molar-refractivity contribution in [3.63, 3.8) is 0 Å². The molecule has 10 nitrogen and oxygen atoms in total. The number of pyridine rings is 1. The van der Waals surface area contributed by atoms with Crippen molar-refractivity contribution in [1.82, 2.24) is 24.3 Å². The van der Waals surface area contributed by atoms with E-state index in [9.17, 15) is 23.5 Å². The normalized spacial score (nSPS) is 21.0. The van der Waals surface area contributed by atoms with Crippen molar-refractivity contribution in [2.45, 2.75) is 43.8 Å². The van der Waals surface area contributed by atoms with Crippen LogP contribution in [0.15, 0.2) is 55.0 Å². The fourth-order valence-corrected chi connectivity index (χ4v) is 5.50. The zero-order valence-corrected chi connectivity index (χ0v) is 20.7. The van der Waals surface area contributed by atoms with Gasteiger partial charge in [-0.3, -0.25) is 14.0 Å². The molecule has 2 fully saturated rings. The Morgan fingerprint density at radius 1 is 1.13 bits per heavy atom. The molecule has 12 heteroatoms. The number of rotatable bonds is 5. The van der Waals surface area contributed by atoms with Gasteiger partial charge in [0, 0.05) is 60.2 Å². The van der Waals surface area contributed by atoms with E-state index in [1.54, 1.807) is 41.6 Å². The number of alkyl halides is 2. The molecule has 0 spiro atoms. The zero-order chi connectivity index (χ0) is 27.3. The van der Waals surface area contributed by atoms with Crippen LogP contribution in [0.5, 0.6) is 0 Å². The number of aliphatic hydroxyl groups is 1. The zero-order valence-electron chi connectivity index (χ0n) is 20.7. The SMILES string of the molecule is Nc1nccn2c(C3CCC4CC(O)C(=O)N4C3)nc(-c3ccc(C(=O)Nc4cc(C(F)F)ccn4)cc3)c12. The van der Waals surface area contributed by atoms with Gasteiger partial charge in [0.15, 0.2) is 0 Å². The lowest BCUT2D eigenvalue weighted by Crippen LogP contribution is -2.42. The molecule has 200 valence electrons. The van der Waals surface area contributed by atoms with Crippen molar-refractivity contribution >= 4 is 29.0 Å². The number of hydrogen-bond donors (Lipinski definition) is 3. The average Bonchev–Trinajstić information content (AvgIpc) is 3.47. The van der Waals surface area contributed by atoms with Crippen LogP contribution in [0.25, 0.3) is 16.8 Å². The van der Waals surface area contributed by atoms with Crippen LogP contribution in [0.4, 0.5) is 20.4 Å². The van der Waals surface area contributed by atoms with Crippen LogP contribution < -0.4 is 11.1 Å². The van der Waals surface area contributed by atoms with Crippen LogP contribution in [0.1, 0.15) is 53.4 Å². The molecular weight excluding hydrogens is 508 g/mol. The second-order valence-corrected chi connectivity index (χ2v) is 9.83. The highest BCUT2D eigenvalue weighted by molar-refractivity contribution is 6.04. The number of hydrogen-bond acceptors (Lipinski definition) is 7. The fraction of sp³-hybridized carbons (Fsp3) is 0.296. The van der Waals surface area contributed by atoms with Gasteiger partial charge in [-0.25, -0.2) is 23.7 Å². The molecule has 39 heavy (non-hydrogen) atoms. The van der Waals surface area contributed by atoms with Gasteiger partial charge >= 0.3 is 0 Å². The van der Waals surface area contributed by atoms with Crippen molar-refractivity contribution in [2.75, 3.05) is 17.6 Å². The van der Waals surface area contributed by atoms with Crippen molar-refractivity contribution in [2.24, 2.45) is 0 Å². The maximum atomic E-state index is 13.0. The van der Waals surface area contributed by atoms with Crippen molar-refractivity contribution in [3.05, 3.63) is 71.9 Å². The van der Waals surface area contributed by atoms with Crippen LogP contribution >= 0.6 is 0 Å². The molecule has 3 aromatic heterocycles. The third-order valence-electron chi connectivity index (χ3n) is 7.44. The van der Waals surface area contributed by atoms with Crippen molar-refractivity contribution in [1.29, 1.82) is 0 Å². The van der Waals surface area contributed by atoms with E-state index < -0.39 is 18.4 Å². The number of carbonyl (C=O) groups excluding carboxylic acids is 2. The summed E-state index contributed by atoms with van der Waals surface area (Å²) in [7, 11) is 0. The molecule has 0 aliphatic carbocycles. The van der Waals surface area contributed by atoms with Crippen LogP contribution in [0.3, 0.4) is 0 Å². The Kier molecular flexibility index (Phi) is 6.18.